The number of Topliss-reactive ketones (excluding diaryl/α,β-unsaturated/α-hetero) is 1. The Morgan fingerprint density at radius 3 is 2.02 bits per heavy atom. The highest BCUT2D eigenvalue weighted by atomic mass is 16.1. The molecule has 1 amide bonds. The molecule has 0 aliphatic carbocycles. The maximum Gasteiger partial charge on any atom is 0.261 e. The molecule has 248 valence electrons. The zero-order valence-corrected chi connectivity index (χ0v) is 28.8. The summed E-state index contributed by atoms with van der Waals surface area (Å²) in [6.07, 6.45) is 1.89. The quantitative estimate of drug-likeness (QED) is 0.157. The van der Waals surface area contributed by atoms with Crippen LogP contribution in [0.4, 0.5) is 11.5 Å². The molecule has 1 aliphatic heterocycles. The number of nitrogens with one attached hydrogen (secondary N) is 1. The topological polar surface area (TPSA) is 76.3 Å². The van der Waals surface area contributed by atoms with Gasteiger partial charge in [-0.15, -0.1) is 0 Å². The number of benzene rings is 5. The van der Waals surface area contributed by atoms with Crippen LogP contribution in [0.2, 0.25) is 0 Å². The number of aromatic nitrogens is 2. The number of nitrogens with zero attached hydrogens (tertiary/aromatic N) is 3. The second kappa shape index (κ2) is 13.9. The fourth-order valence-corrected chi connectivity index (χ4v) is 7.06. The summed E-state index contributed by atoms with van der Waals surface area (Å²) in [7, 11) is 0. The van der Waals surface area contributed by atoms with Crippen LogP contribution in [0.15, 0.2) is 139 Å². The maximum absolute atomic E-state index is 14.1. The van der Waals surface area contributed by atoms with Crippen LogP contribution in [0, 0.1) is 33.6 Å². The summed E-state index contributed by atoms with van der Waals surface area (Å²) in [5, 5.41) is 8.02. The van der Waals surface area contributed by atoms with Gasteiger partial charge in [-0.1, -0.05) is 138 Å². The minimum Gasteiger partial charge on any atom is -0.322 e. The SMILES string of the molecule is Cc1ccc(C(CC(=O)c2ccccc2)C2C(c3ccccc3)=Nc3c(C(=O)Nc4ccc(C)cc4C)cnn3C2c2ccc(C)cc2)cc1. The van der Waals surface area contributed by atoms with Crippen LogP contribution in [-0.2, 0) is 0 Å². The highest BCUT2D eigenvalue weighted by Crippen LogP contribution is 2.47. The molecule has 0 saturated heterocycles. The molecule has 6 heteroatoms. The Balaban J connectivity index is 1.43. The summed E-state index contributed by atoms with van der Waals surface area (Å²) in [6, 6.07) is 42.2. The zero-order valence-electron chi connectivity index (χ0n) is 28.8. The minimum atomic E-state index is -0.365. The number of anilines is 1. The summed E-state index contributed by atoms with van der Waals surface area (Å²) in [5.41, 5.74) is 10.0. The first-order valence-electron chi connectivity index (χ1n) is 17.1. The van der Waals surface area contributed by atoms with E-state index in [2.05, 4.69) is 85.9 Å². The van der Waals surface area contributed by atoms with Gasteiger partial charge in [0.05, 0.1) is 18.0 Å². The van der Waals surface area contributed by atoms with Gasteiger partial charge < -0.3 is 5.32 Å². The maximum atomic E-state index is 14.1. The molecular formula is C44H40N4O2. The first-order chi connectivity index (χ1) is 24.3. The number of aryl methyl sites for hydroxylation is 4. The Kier molecular flexibility index (Phi) is 9.09. The molecule has 0 radical (unpaired) electrons. The average Bonchev–Trinajstić information content (AvgIpc) is 3.56. The standard InChI is InChI=1S/C44H40N4O2/c1-28-15-20-32(21-16-28)36(26-39(49)33-11-7-5-8-12-33)40-41(34-13-9-6-10-14-34)47-43-37(44(50)46-38-24-19-30(3)25-31(38)4)27-45-48(43)42(40)35-22-17-29(2)18-23-35/h5-25,27,36,40,42H,26H2,1-4H3,(H,46,50). The number of carbonyl (C=O) groups is 2. The molecule has 50 heavy (non-hydrogen) atoms. The van der Waals surface area contributed by atoms with E-state index in [-0.39, 0.29) is 36.0 Å². The smallest absolute Gasteiger partial charge is 0.261 e. The van der Waals surface area contributed by atoms with E-state index in [4.69, 9.17) is 10.1 Å². The van der Waals surface area contributed by atoms with Crippen molar-refractivity contribution in [2.75, 3.05) is 5.32 Å². The van der Waals surface area contributed by atoms with E-state index in [1.54, 1.807) is 6.20 Å². The number of rotatable bonds is 9. The molecule has 0 saturated carbocycles. The van der Waals surface area contributed by atoms with Gasteiger partial charge in [0.1, 0.15) is 5.56 Å². The molecule has 1 N–H and O–H groups in total. The highest BCUT2D eigenvalue weighted by molar-refractivity contribution is 6.11. The van der Waals surface area contributed by atoms with Crippen LogP contribution in [-0.4, -0.2) is 27.2 Å². The lowest BCUT2D eigenvalue weighted by Crippen LogP contribution is -2.37. The molecule has 6 nitrogen and oxygen atoms in total. The summed E-state index contributed by atoms with van der Waals surface area (Å²) in [6.45, 7) is 8.16. The normalized spacial score (nSPS) is 15.9. The Morgan fingerprint density at radius 2 is 1.36 bits per heavy atom. The van der Waals surface area contributed by atoms with Crippen LogP contribution >= 0.6 is 0 Å². The lowest BCUT2D eigenvalue weighted by atomic mass is 9.71. The van der Waals surface area contributed by atoms with Crippen LogP contribution < -0.4 is 5.32 Å². The molecular weight excluding hydrogens is 617 g/mol. The summed E-state index contributed by atoms with van der Waals surface area (Å²) >= 11 is 0. The predicted octanol–water partition coefficient (Wildman–Crippen LogP) is 9.77. The van der Waals surface area contributed by atoms with Crippen molar-refractivity contribution in [2.45, 2.75) is 46.1 Å². The van der Waals surface area contributed by atoms with Crippen molar-refractivity contribution in [3.8, 4) is 0 Å². The Bertz CT molecular complexity index is 2180. The molecule has 1 aromatic heterocycles. The van der Waals surface area contributed by atoms with E-state index in [9.17, 15) is 9.59 Å². The van der Waals surface area contributed by atoms with Gasteiger partial charge in [0, 0.05) is 29.5 Å². The third-order valence-electron chi connectivity index (χ3n) is 9.72. The van der Waals surface area contributed by atoms with Crippen molar-refractivity contribution < 1.29 is 9.59 Å². The first kappa shape index (κ1) is 32.7. The number of hydrogen-bond acceptors (Lipinski definition) is 4. The molecule has 6 aromatic rings. The number of ketones is 1. The predicted molar refractivity (Wildman–Crippen MR) is 201 cm³/mol. The van der Waals surface area contributed by atoms with E-state index < -0.39 is 0 Å². The minimum absolute atomic E-state index is 0.0611. The van der Waals surface area contributed by atoms with Gasteiger partial charge >= 0.3 is 0 Å². The fraction of sp³-hybridized carbons (Fsp3) is 0.182. The Labute approximate surface area is 293 Å². The van der Waals surface area contributed by atoms with E-state index in [1.807, 2.05) is 79.2 Å². The van der Waals surface area contributed by atoms with Gasteiger partial charge in [0.2, 0.25) is 0 Å². The second-order valence-electron chi connectivity index (χ2n) is 13.4. The van der Waals surface area contributed by atoms with Gasteiger partial charge in [0.15, 0.2) is 11.6 Å². The first-order valence-corrected chi connectivity index (χ1v) is 17.1. The van der Waals surface area contributed by atoms with E-state index in [0.29, 0.717) is 16.9 Å². The van der Waals surface area contributed by atoms with Crippen molar-refractivity contribution in [1.82, 2.24) is 9.78 Å². The Hall–Kier alpha value is -5.88. The summed E-state index contributed by atoms with van der Waals surface area (Å²) < 4.78 is 1.90. The lowest BCUT2D eigenvalue weighted by Gasteiger charge is -2.39. The third kappa shape index (κ3) is 6.57. The molecule has 3 unspecified atom stereocenters. The van der Waals surface area contributed by atoms with Gasteiger partial charge in [0.25, 0.3) is 5.91 Å². The number of carbonyl (C=O) groups excluding carboxylic acids is 2. The molecule has 7 rings (SSSR count). The molecule has 2 heterocycles. The lowest BCUT2D eigenvalue weighted by molar-refractivity contribution is 0.0964. The van der Waals surface area contributed by atoms with Crippen LogP contribution in [0.5, 0.6) is 0 Å². The van der Waals surface area contributed by atoms with E-state index in [1.165, 1.54) is 0 Å². The Morgan fingerprint density at radius 1 is 0.740 bits per heavy atom. The van der Waals surface area contributed by atoms with Crippen molar-refractivity contribution in [3.63, 3.8) is 0 Å². The van der Waals surface area contributed by atoms with Gasteiger partial charge in [-0.3, -0.25) is 9.59 Å². The zero-order chi connectivity index (χ0) is 34.8. The highest BCUT2D eigenvalue weighted by Gasteiger charge is 2.43. The van der Waals surface area contributed by atoms with Gasteiger partial charge in [-0.2, -0.15) is 5.10 Å². The molecule has 0 spiro atoms. The fourth-order valence-electron chi connectivity index (χ4n) is 7.06. The van der Waals surface area contributed by atoms with Gasteiger partial charge in [-0.25, -0.2) is 9.67 Å². The van der Waals surface area contributed by atoms with Crippen LogP contribution in [0.25, 0.3) is 0 Å². The molecule has 1 aliphatic rings. The average molecular weight is 657 g/mol. The van der Waals surface area contributed by atoms with Crippen molar-refractivity contribution in [1.29, 1.82) is 0 Å². The third-order valence-corrected chi connectivity index (χ3v) is 9.72. The van der Waals surface area contributed by atoms with Gasteiger partial charge in [-0.05, 0) is 56.0 Å². The number of amides is 1. The molecule has 0 bridgehead atoms. The van der Waals surface area contributed by atoms with E-state index in [0.717, 1.165) is 50.3 Å². The van der Waals surface area contributed by atoms with Crippen molar-refractivity contribution >= 4 is 28.9 Å². The van der Waals surface area contributed by atoms with Crippen molar-refractivity contribution in [2.24, 2.45) is 10.9 Å². The second-order valence-corrected chi connectivity index (χ2v) is 13.4. The summed E-state index contributed by atoms with van der Waals surface area (Å²) in [4.78, 5) is 33.5. The number of hydrogen-bond donors (Lipinski definition) is 1. The molecule has 3 atom stereocenters. The number of fused-ring (bicyclic) bond motifs is 1. The summed E-state index contributed by atoms with van der Waals surface area (Å²) in [5.74, 6) is -0.294. The molecule has 0 fully saturated rings. The van der Waals surface area contributed by atoms with Crippen LogP contribution in [0.1, 0.15) is 78.0 Å². The van der Waals surface area contributed by atoms with E-state index >= 15 is 0 Å². The monoisotopic (exact) mass is 656 g/mol. The number of aliphatic imine (C=N–C) groups is 1. The molecule has 5 aromatic carbocycles. The van der Waals surface area contributed by atoms with Crippen LogP contribution in [0.3, 0.4) is 0 Å². The van der Waals surface area contributed by atoms with Crippen molar-refractivity contribution in [3.05, 3.63) is 184 Å². The largest absolute Gasteiger partial charge is 0.322 e.